The zero-order valence-electron chi connectivity index (χ0n) is 35.5. The molecule has 1 unspecified atom stereocenters. The molecule has 0 aliphatic carbocycles. The molecule has 53 heavy (non-hydrogen) atoms. The topological polar surface area (TPSA) is 111 Å². The number of hydrogen-bond acceptors (Lipinski definition) is 8. The van der Waals surface area contributed by atoms with E-state index < -0.39 is 26.5 Å². The molecule has 316 valence electrons. The van der Waals surface area contributed by atoms with Crippen molar-refractivity contribution in [3.63, 3.8) is 0 Å². The average Bonchev–Trinajstić information content (AvgIpc) is 3.10. The van der Waals surface area contributed by atoms with E-state index in [4.69, 9.17) is 18.5 Å². The molecule has 0 aliphatic rings. The van der Waals surface area contributed by atoms with Crippen LogP contribution in [-0.2, 0) is 32.7 Å². The molecule has 0 heterocycles. The van der Waals surface area contributed by atoms with Crippen LogP contribution in [0, 0.1) is 0 Å². The summed E-state index contributed by atoms with van der Waals surface area (Å²) in [5.41, 5.74) is 0. The van der Waals surface area contributed by atoms with Gasteiger partial charge < -0.3 is 27.9 Å². The Hall–Kier alpha value is -0.990. The van der Waals surface area contributed by atoms with E-state index in [9.17, 15) is 19.0 Å². The third-order valence-corrected chi connectivity index (χ3v) is 10.8. The van der Waals surface area contributed by atoms with E-state index in [2.05, 4.69) is 13.8 Å². The lowest BCUT2D eigenvalue weighted by molar-refractivity contribution is -0.870. The Balaban J connectivity index is 4.21. The van der Waals surface area contributed by atoms with Crippen LogP contribution >= 0.6 is 7.82 Å². The average molecular weight is 776 g/mol. The van der Waals surface area contributed by atoms with Crippen LogP contribution in [0.15, 0.2) is 0 Å². The van der Waals surface area contributed by atoms with Crippen molar-refractivity contribution in [1.82, 2.24) is 0 Å². The summed E-state index contributed by atoms with van der Waals surface area (Å²) >= 11 is 0. The van der Waals surface area contributed by atoms with Gasteiger partial charge in [0.1, 0.15) is 19.8 Å². The Morgan fingerprint density at radius 1 is 0.509 bits per heavy atom. The Morgan fingerprint density at radius 3 is 1.21 bits per heavy atom. The van der Waals surface area contributed by atoms with Gasteiger partial charge in [0, 0.05) is 12.8 Å². The van der Waals surface area contributed by atoms with Crippen molar-refractivity contribution in [3.05, 3.63) is 0 Å². The van der Waals surface area contributed by atoms with Gasteiger partial charge in [-0.3, -0.25) is 14.2 Å². The van der Waals surface area contributed by atoms with Gasteiger partial charge in [-0.05, 0) is 12.8 Å². The standard InChI is InChI=1S/C43H86NO8P/c1-6-8-10-12-14-16-17-18-19-20-21-22-23-24-25-26-28-30-32-34-36-43(46)52-41(40-51-53(47,48)50-38-37-44(3,4)5)39-49-42(45)35-33-31-29-27-15-13-11-9-7-2/h41H,6-40H2,1-5H3/t41-/m1/s1. The maximum absolute atomic E-state index is 12.7. The van der Waals surface area contributed by atoms with Gasteiger partial charge in [-0.2, -0.15) is 0 Å². The summed E-state index contributed by atoms with van der Waals surface area (Å²) in [6.07, 6.45) is 35.7. The van der Waals surface area contributed by atoms with Gasteiger partial charge in [0.2, 0.25) is 0 Å². The van der Waals surface area contributed by atoms with E-state index in [1.54, 1.807) is 0 Å². The molecule has 10 heteroatoms. The minimum atomic E-state index is -4.61. The number of likely N-dealkylation sites (N-methyl/N-ethyl adjacent to an activating group) is 1. The van der Waals surface area contributed by atoms with Crippen molar-refractivity contribution >= 4 is 19.8 Å². The van der Waals surface area contributed by atoms with Gasteiger partial charge in [-0.25, -0.2) is 0 Å². The fraction of sp³-hybridized carbons (Fsp3) is 0.953. The second kappa shape index (κ2) is 36.6. The Morgan fingerprint density at radius 2 is 0.849 bits per heavy atom. The van der Waals surface area contributed by atoms with Crippen molar-refractivity contribution in [2.45, 2.75) is 219 Å². The van der Waals surface area contributed by atoms with Crippen LogP contribution in [0.5, 0.6) is 0 Å². The zero-order valence-corrected chi connectivity index (χ0v) is 36.4. The molecule has 0 radical (unpaired) electrons. The SMILES string of the molecule is CCCCCCCCCCCCCCCCCCCCCCC(=O)O[C@H](COC(=O)CCCCCCCCCCC)COP(=O)([O-])OCC[N+](C)(C)C. The molecule has 0 aromatic rings. The van der Waals surface area contributed by atoms with Gasteiger partial charge >= 0.3 is 11.9 Å². The predicted molar refractivity (Wildman–Crippen MR) is 218 cm³/mol. The van der Waals surface area contributed by atoms with Crippen LogP contribution in [0.3, 0.4) is 0 Å². The smallest absolute Gasteiger partial charge is 0.306 e. The highest BCUT2D eigenvalue weighted by atomic mass is 31.2. The molecular formula is C43H86NO8P. The highest BCUT2D eigenvalue weighted by Crippen LogP contribution is 2.38. The number of esters is 2. The fourth-order valence-electron chi connectivity index (χ4n) is 6.36. The molecular weight excluding hydrogens is 689 g/mol. The van der Waals surface area contributed by atoms with Gasteiger partial charge in [0.05, 0.1) is 27.7 Å². The summed E-state index contributed by atoms with van der Waals surface area (Å²) in [6.45, 7) is 4.24. The van der Waals surface area contributed by atoms with Gasteiger partial charge in [-0.15, -0.1) is 0 Å². The highest BCUT2D eigenvalue weighted by molar-refractivity contribution is 7.45. The van der Waals surface area contributed by atoms with E-state index in [0.717, 1.165) is 32.1 Å². The lowest BCUT2D eigenvalue weighted by Crippen LogP contribution is -2.37. The number of carbonyl (C=O) groups is 2. The van der Waals surface area contributed by atoms with Gasteiger partial charge in [-0.1, -0.05) is 187 Å². The number of phosphoric acid groups is 1. The number of hydrogen-bond donors (Lipinski definition) is 0. The molecule has 0 aliphatic heterocycles. The normalized spacial score (nSPS) is 13.5. The molecule has 0 N–H and O–H groups in total. The first-order valence-electron chi connectivity index (χ1n) is 22.2. The third kappa shape index (κ3) is 40.5. The highest BCUT2D eigenvalue weighted by Gasteiger charge is 2.21. The van der Waals surface area contributed by atoms with E-state index in [1.807, 2.05) is 21.1 Å². The Bertz CT molecular complexity index is 881. The van der Waals surface area contributed by atoms with E-state index >= 15 is 0 Å². The van der Waals surface area contributed by atoms with Crippen molar-refractivity contribution in [3.8, 4) is 0 Å². The summed E-state index contributed by atoms with van der Waals surface area (Å²) in [6, 6.07) is 0. The minimum absolute atomic E-state index is 0.0259. The van der Waals surface area contributed by atoms with Crippen molar-refractivity contribution in [2.75, 3.05) is 47.5 Å². The summed E-state index contributed by atoms with van der Waals surface area (Å²) in [7, 11) is 1.18. The lowest BCUT2D eigenvalue weighted by atomic mass is 10.0. The van der Waals surface area contributed by atoms with Gasteiger partial charge in [0.15, 0.2) is 6.10 Å². The first kappa shape index (κ1) is 52.0. The molecule has 0 aromatic heterocycles. The van der Waals surface area contributed by atoms with Crippen molar-refractivity contribution in [1.29, 1.82) is 0 Å². The second-order valence-corrected chi connectivity index (χ2v) is 17.8. The first-order chi connectivity index (χ1) is 25.5. The number of unbranched alkanes of at least 4 members (excludes halogenated alkanes) is 27. The van der Waals surface area contributed by atoms with Crippen molar-refractivity contribution < 1.29 is 42.1 Å². The monoisotopic (exact) mass is 776 g/mol. The number of rotatable bonds is 41. The van der Waals surface area contributed by atoms with Crippen molar-refractivity contribution in [2.24, 2.45) is 0 Å². The van der Waals surface area contributed by atoms with E-state index in [0.29, 0.717) is 17.4 Å². The fourth-order valence-corrected chi connectivity index (χ4v) is 7.09. The Kier molecular flexibility index (Phi) is 36.0. The molecule has 2 atom stereocenters. The van der Waals surface area contributed by atoms with Gasteiger partial charge in [0.25, 0.3) is 7.82 Å². The molecule has 0 amide bonds. The molecule has 0 aromatic carbocycles. The number of quaternary nitrogens is 1. The predicted octanol–water partition coefficient (Wildman–Crippen LogP) is 11.8. The molecule has 0 saturated heterocycles. The van der Waals surface area contributed by atoms with E-state index in [1.165, 1.54) is 148 Å². The maximum atomic E-state index is 12.7. The number of nitrogens with zero attached hydrogens (tertiary/aromatic N) is 1. The summed E-state index contributed by atoms with van der Waals surface area (Å²) in [5.74, 6) is -0.824. The quantitative estimate of drug-likeness (QED) is 0.0261. The maximum Gasteiger partial charge on any atom is 0.306 e. The van der Waals surface area contributed by atoms with Crippen LogP contribution < -0.4 is 4.89 Å². The molecule has 0 rings (SSSR count). The van der Waals surface area contributed by atoms with E-state index in [-0.39, 0.29) is 32.0 Å². The lowest BCUT2D eigenvalue weighted by Gasteiger charge is -2.28. The number of carbonyl (C=O) groups excluding carboxylic acids is 2. The first-order valence-corrected chi connectivity index (χ1v) is 23.7. The molecule has 0 saturated carbocycles. The van der Waals surface area contributed by atoms with Crippen LogP contribution in [0.25, 0.3) is 0 Å². The number of phosphoric ester groups is 1. The second-order valence-electron chi connectivity index (χ2n) is 16.4. The summed E-state index contributed by atoms with van der Waals surface area (Å²) in [5, 5.41) is 0. The van der Waals surface area contributed by atoms with Crippen LogP contribution in [0.1, 0.15) is 213 Å². The summed E-state index contributed by atoms with van der Waals surface area (Å²) in [4.78, 5) is 37.4. The third-order valence-electron chi connectivity index (χ3n) is 9.88. The minimum Gasteiger partial charge on any atom is -0.756 e. The van der Waals surface area contributed by atoms with Crippen LogP contribution in [0.2, 0.25) is 0 Å². The summed E-state index contributed by atoms with van der Waals surface area (Å²) < 4.78 is 33.8. The molecule has 0 bridgehead atoms. The van der Waals surface area contributed by atoms with Crippen LogP contribution in [-0.4, -0.2) is 70.0 Å². The zero-order chi connectivity index (χ0) is 39.3. The van der Waals surface area contributed by atoms with Crippen LogP contribution in [0.4, 0.5) is 0 Å². The molecule has 0 fully saturated rings. The molecule has 0 spiro atoms. The molecule has 9 nitrogen and oxygen atoms in total. The number of ether oxygens (including phenoxy) is 2. The Labute approximate surface area is 327 Å². The largest absolute Gasteiger partial charge is 0.756 e.